The summed E-state index contributed by atoms with van der Waals surface area (Å²) in [4.78, 5) is 31.3. The van der Waals surface area contributed by atoms with E-state index in [9.17, 15) is 22.8 Å². The lowest BCUT2D eigenvalue weighted by molar-refractivity contribution is -0.140. The second-order valence-electron chi connectivity index (χ2n) is 9.21. The van der Waals surface area contributed by atoms with Crippen molar-refractivity contribution in [2.75, 3.05) is 44.5 Å². The minimum atomic E-state index is -4.54. The molecule has 0 spiro atoms. The quantitative estimate of drug-likeness (QED) is 0.463. The van der Waals surface area contributed by atoms with Gasteiger partial charge in [-0.1, -0.05) is 12.1 Å². The molecule has 7 nitrogen and oxygen atoms in total. The van der Waals surface area contributed by atoms with Crippen molar-refractivity contribution in [3.63, 3.8) is 0 Å². The number of benzene rings is 2. The van der Waals surface area contributed by atoms with Gasteiger partial charge in [-0.2, -0.15) is 13.2 Å². The fraction of sp³-hybridized carbons (Fsp3) is 0.333. The van der Waals surface area contributed by atoms with Gasteiger partial charge in [0.1, 0.15) is 17.1 Å². The average Bonchev–Trinajstić information content (AvgIpc) is 3.40. The van der Waals surface area contributed by atoms with Crippen LogP contribution in [-0.4, -0.2) is 56.0 Å². The molecule has 2 heterocycles. The lowest BCUT2D eigenvalue weighted by Gasteiger charge is -2.32. The molecule has 1 saturated heterocycles. The second-order valence-corrected chi connectivity index (χ2v) is 9.21. The maximum Gasteiger partial charge on any atom is 0.431 e. The summed E-state index contributed by atoms with van der Waals surface area (Å²) >= 11 is 0. The third-order valence-electron chi connectivity index (χ3n) is 6.57. The number of hydrogen-bond acceptors (Lipinski definition) is 4. The molecule has 0 unspecified atom stereocenters. The van der Waals surface area contributed by atoms with Crippen LogP contribution in [0.4, 0.5) is 24.5 Å². The Hall–Kier alpha value is -3.95. The van der Waals surface area contributed by atoms with E-state index in [-0.39, 0.29) is 17.5 Å². The number of rotatable bonds is 6. The fourth-order valence-electron chi connectivity index (χ4n) is 4.50. The van der Waals surface area contributed by atoms with Crippen molar-refractivity contribution in [2.24, 2.45) is 0 Å². The standard InChI is InChI=1S/C27H29F3N4O3/c1-33(2)22-16-19(6-10-23(22)37-3)26(36)34-14-12-18(13-15-34)17-4-7-20(8-5-17)31-25(35)21-9-11-24(32-21)27(28,29)30/h4-11,16,18,32H,12-15H2,1-3H3,(H,31,35). The third kappa shape index (κ3) is 5.90. The summed E-state index contributed by atoms with van der Waals surface area (Å²) in [5.41, 5.74) is 1.90. The molecule has 4 rings (SSSR count). The lowest BCUT2D eigenvalue weighted by Crippen LogP contribution is -2.38. The summed E-state index contributed by atoms with van der Waals surface area (Å²) < 4.78 is 43.6. The van der Waals surface area contributed by atoms with E-state index in [1.165, 1.54) is 0 Å². The lowest BCUT2D eigenvalue weighted by atomic mass is 9.89. The smallest absolute Gasteiger partial charge is 0.431 e. The molecule has 0 aliphatic carbocycles. The summed E-state index contributed by atoms with van der Waals surface area (Å²) in [6.45, 7) is 1.25. The SMILES string of the molecule is COc1ccc(C(=O)N2CCC(c3ccc(NC(=O)c4ccc(C(F)(F)F)[nH]4)cc3)CC2)cc1N(C)C. The van der Waals surface area contributed by atoms with Crippen LogP contribution in [0.25, 0.3) is 0 Å². The number of alkyl halides is 3. The maximum absolute atomic E-state index is 13.1. The number of likely N-dealkylation sites (tertiary alicyclic amines) is 1. The normalized spacial score (nSPS) is 14.4. The summed E-state index contributed by atoms with van der Waals surface area (Å²) in [5, 5.41) is 2.61. The largest absolute Gasteiger partial charge is 0.495 e. The van der Waals surface area contributed by atoms with E-state index < -0.39 is 17.8 Å². The first-order chi connectivity index (χ1) is 17.6. The number of carbonyl (C=O) groups excluding carboxylic acids is 2. The van der Waals surface area contributed by atoms with Crippen LogP contribution >= 0.6 is 0 Å². The van der Waals surface area contributed by atoms with Gasteiger partial charge in [0.25, 0.3) is 11.8 Å². The number of hydrogen-bond donors (Lipinski definition) is 2. The predicted molar refractivity (Wildman–Crippen MR) is 135 cm³/mol. The highest BCUT2D eigenvalue weighted by Crippen LogP contribution is 2.32. The van der Waals surface area contributed by atoms with Crippen LogP contribution in [-0.2, 0) is 6.18 Å². The summed E-state index contributed by atoms with van der Waals surface area (Å²) in [6, 6.07) is 14.7. The highest BCUT2D eigenvalue weighted by Gasteiger charge is 2.33. The zero-order valence-electron chi connectivity index (χ0n) is 20.9. The van der Waals surface area contributed by atoms with Crippen molar-refractivity contribution in [1.29, 1.82) is 0 Å². The van der Waals surface area contributed by atoms with Gasteiger partial charge in [0.15, 0.2) is 0 Å². The molecule has 1 aliphatic heterocycles. The number of ether oxygens (including phenoxy) is 1. The Labute approximate surface area is 213 Å². The number of nitrogens with one attached hydrogen (secondary N) is 2. The first-order valence-corrected chi connectivity index (χ1v) is 11.9. The molecule has 1 fully saturated rings. The van der Waals surface area contributed by atoms with E-state index in [2.05, 4.69) is 10.3 Å². The Balaban J connectivity index is 1.34. The Morgan fingerprint density at radius 1 is 1.03 bits per heavy atom. The van der Waals surface area contributed by atoms with E-state index in [1.807, 2.05) is 42.1 Å². The molecule has 2 aromatic carbocycles. The first kappa shape index (κ1) is 26.1. The van der Waals surface area contributed by atoms with Crippen molar-refractivity contribution in [2.45, 2.75) is 24.9 Å². The molecule has 196 valence electrons. The Morgan fingerprint density at radius 3 is 2.27 bits per heavy atom. The Morgan fingerprint density at radius 2 is 1.70 bits per heavy atom. The molecule has 2 N–H and O–H groups in total. The minimum absolute atomic E-state index is 0.0136. The maximum atomic E-state index is 13.1. The van der Waals surface area contributed by atoms with Crippen LogP contribution < -0.4 is 15.0 Å². The zero-order chi connectivity index (χ0) is 26.7. The van der Waals surface area contributed by atoms with Crippen LogP contribution in [0.3, 0.4) is 0 Å². The van der Waals surface area contributed by atoms with Crippen LogP contribution in [0.1, 0.15) is 50.9 Å². The number of piperidine rings is 1. The minimum Gasteiger partial charge on any atom is -0.495 e. The van der Waals surface area contributed by atoms with Gasteiger partial charge in [-0.25, -0.2) is 0 Å². The topological polar surface area (TPSA) is 77.7 Å². The molecule has 2 amide bonds. The van der Waals surface area contributed by atoms with Gasteiger partial charge < -0.3 is 24.8 Å². The van der Waals surface area contributed by atoms with Crippen LogP contribution in [0.15, 0.2) is 54.6 Å². The molecular formula is C27H29F3N4O3. The van der Waals surface area contributed by atoms with Crippen LogP contribution in [0.5, 0.6) is 5.75 Å². The molecule has 0 bridgehead atoms. The first-order valence-electron chi connectivity index (χ1n) is 11.9. The number of halogens is 3. The molecule has 1 aliphatic rings. The Kier molecular flexibility index (Phi) is 7.47. The number of aromatic nitrogens is 1. The number of H-pyrrole nitrogens is 1. The molecule has 0 radical (unpaired) electrons. The van der Waals surface area contributed by atoms with Crippen LogP contribution in [0.2, 0.25) is 0 Å². The number of amides is 2. The molecule has 3 aromatic rings. The van der Waals surface area contributed by atoms with Gasteiger partial charge in [-0.05, 0) is 66.8 Å². The molecule has 0 atom stereocenters. The average molecular weight is 515 g/mol. The predicted octanol–water partition coefficient (Wildman–Crippen LogP) is 5.38. The summed E-state index contributed by atoms with van der Waals surface area (Å²) in [6.07, 6.45) is -2.93. The summed E-state index contributed by atoms with van der Waals surface area (Å²) in [5.74, 6) is 0.310. The highest BCUT2D eigenvalue weighted by molar-refractivity contribution is 6.03. The van der Waals surface area contributed by atoms with E-state index in [0.29, 0.717) is 30.1 Å². The van der Waals surface area contributed by atoms with Crippen molar-refractivity contribution in [3.05, 3.63) is 77.1 Å². The third-order valence-corrected chi connectivity index (χ3v) is 6.57. The second kappa shape index (κ2) is 10.6. The van der Waals surface area contributed by atoms with Crippen molar-refractivity contribution in [1.82, 2.24) is 9.88 Å². The molecular weight excluding hydrogens is 485 g/mol. The molecule has 10 heteroatoms. The molecule has 0 saturated carbocycles. The van der Waals surface area contributed by atoms with E-state index in [4.69, 9.17) is 4.74 Å². The van der Waals surface area contributed by atoms with Crippen molar-refractivity contribution >= 4 is 23.2 Å². The van der Waals surface area contributed by atoms with E-state index in [0.717, 1.165) is 36.2 Å². The van der Waals surface area contributed by atoms with Crippen molar-refractivity contribution < 1.29 is 27.5 Å². The van der Waals surface area contributed by atoms with Gasteiger partial charge in [-0.3, -0.25) is 9.59 Å². The number of nitrogens with zero attached hydrogens (tertiary/aromatic N) is 2. The molecule has 1 aromatic heterocycles. The molecule has 37 heavy (non-hydrogen) atoms. The van der Waals surface area contributed by atoms with E-state index in [1.54, 1.807) is 31.4 Å². The van der Waals surface area contributed by atoms with Gasteiger partial charge in [-0.15, -0.1) is 0 Å². The van der Waals surface area contributed by atoms with Gasteiger partial charge >= 0.3 is 6.18 Å². The summed E-state index contributed by atoms with van der Waals surface area (Å²) in [7, 11) is 5.40. The Bertz CT molecular complexity index is 1260. The van der Waals surface area contributed by atoms with Gasteiger partial charge in [0.2, 0.25) is 0 Å². The fourth-order valence-corrected chi connectivity index (χ4v) is 4.50. The number of methoxy groups -OCH3 is 1. The highest BCUT2D eigenvalue weighted by atomic mass is 19.4. The monoisotopic (exact) mass is 514 g/mol. The zero-order valence-corrected chi connectivity index (χ0v) is 20.9. The number of anilines is 2. The van der Waals surface area contributed by atoms with Crippen molar-refractivity contribution in [3.8, 4) is 5.75 Å². The number of carbonyl (C=O) groups is 2. The van der Waals surface area contributed by atoms with Crippen LogP contribution in [0, 0.1) is 0 Å². The number of aromatic amines is 1. The van der Waals surface area contributed by atoms with E-state index >= 15 is 0 Å². The van der Waals surface area contributed by atoms with Gasteiger partial charge in [0, 0.05) is 38.4 Å². The van der Waals surface area contributed by atoms with Gasteiger partial charge in [0.05, 0.1) is 12.8 Å².